The molecule has 0 aromatic heterocycles. The van der Waals surface area contributed by atoms with Crippen LogP contribution in [0.4, 0.5) is 10.1 Å². The normalized spacial score (nSPS) is 11.7. The van der Waals surface area contributed by atoms with Gasteiger partial charge in [-0.15, -0.1) is 0 Å². The summed E-state index contributed by atoms with van der Waals surface area (Å²) in [5.41, 5.74) is 8.44. The van der Waals surface area contributed by atoms with Gasteiger partial charge >= 0.3 is 0 Å². The molecule has 0 saturated carbocycles. The summed E-state index contributed by atoms with van der Waals surface area (Å²) >= 11 is 0. The smallest absolute Gasteiger partial charge is 0.124 e. The predicted octanol–water partition coefficient (Wildman–Crippen LogP) is 2.74. The third-order valence-corrected chi connectivity index (χ3v) is 2.57. The number of nitrogens with one attached hydrogen (secondary N) is 2. The van der Waals surface area contributed by atoms with E-state index in [4.69, 9.17) is 11.1 Å². The van der Waals surface area contributed by atoms with Crippen LogP contribution in [0.1, 0.15) is 30.9 Å². The zero-order chi connectivity index (χ0) is 13.0. The van der Waals surface area contributed by atoms with Gasteiger partial charge in [-0.1, -0.05) is 13.8 Å². The van der Waals surface area contributed by atoms with E-state index in [9.17, 15) is 4.39 Å². The second-order valence-corrected chi connectivity index (χ2v) is 4.14. The second-order valence-electron chi connectivity index (χ2n) is 4.14. The molecule has 0 aliphatic carbocycles. The molecule has 0 heterocycles. The number of halogens is 1. The minimum atomic E-state index is -0.332. The summed E-state index contributed by atoms with van der Waals surface area (Å²) in [5.74, 6) is -0.187. The summed E-state index contributed by atoms with van der Waals surface area (Å²) < 4.78 is 13.5. The first kappa shape index (κ1) is 13.2. The molecule has 1 aromatic carbocycles. The molecule has 0 saturated heterocycles. The van der Waals surface area contributed by atoms with E-state index in [1.165, 1.54) is 12.1 Å². The lowest BCUT2D eigenvalue weighted by Gasteiger charge is -2.14. The third-order valence-electron chi connectivity index (χ3n) is 2.57. The van der Waals surface area contributed by atoms with Crippen molar-refractivity contribution in [2.75, 3.05) is 12.8 Å². The predicted molar refractivity (Wildman–Crippen MR) is 70.7 cm³/mol. The van der Waals surface area contributed by atoms with Crippen LogP contribution in [0.5, 0.6) is 0 Å². The van der Waals surface area contributed by atoms with Crippen molar-refractivity contribution in [3.05, 3.63) is 35.3 Å². The van der Waals surface area contributed by atoms with Crippen LogP contribution in [0.25, 0.3) is 5.57 Å². The van der Waals surface area contributed by atoms with Gasteiger partial charge in [0.1, 0.15) is 5.82 Å². The maximum absolute atomic E-state index is 13.5. The number of nitrogens with two attached hydrogens (primary N) is 1. The molecule has 1 aromatic rings. The summed E-state index contributed by atoms with van der Waals surface area (Å²) in [6.45, 7) is 3.92. The summed E-state index contributed by atoms with van der Waals surface area (Å²) in [6, 6.07) is 2.81. The van der Waals surface area contributed by atoms with Crippen LogP contribution in [0.15, 0.2) is 18.3 Å². The van der Waals surface area contributed by atoms with Crippen LogP contribution in [-0.4, -0.2) is 13.3 Å². The number of nitrogen functional groups attached to an aromatic ring is 1. The molecule has 0 aliphatic rings. The molecule has 0 aliphatic heterocycles. The molecule has 0 atom stereocenters. The Balaban J connectivity index is 3.43. The highest BCUT2D eigenvalue weighted by molar-refractivity contribution is 6.10. The van der Waals surface area contributed by atoms with E-state index in [1.54, 1.807) is 13.2 Å². The van der Waals surface area contributed by atoms with Crippen molar-refractivity contribution in [3.8, 4) is 0 Å². The minimum absolute atomic E-state index is 0.144. The number of hydrogen-bond acceptors (Lipinski definition) is 3. The van der Waals surface area contributed by atoms with E-state index in [-0.39, 0.29) is 11.7 Å². The van der Waals surface area contributed by atoms with Crippen LogP contribution in [-0.2, 0) is 0 Å². The van der Waals surface area contributed by atoms with Gasteiger partial charge in [-0.25, -0.2) is 4.39 Å². The third kappa shape index (κ3) is 2.84. The van der Waals surface area contributed by atoms with Crippen LogP contribution in [0.2, 0.25) is 0 Å². The molecule has 0 bridgehead atoms. The molecule has 17 heavy (non-hydrogen) atoms. The van der Waals surface area contributed by atoms with E-state index in [1.807, 2.05) is 13.8 Å². The van der Waals surface area contributed by atoms with E-state index in [0.717, 1.165) is 11.8 Å². The standard InChI is InChI=1S/C13H18FN3/c1-8(2)11-4-10(14)5-12(13(11)16)9(6-15)7-17-3/h4-8,15,17H,16H2,1-3H3/b9-7+,15-6?. The molecule has 0 fully saturated rings. The topological polar surface area (TPSA) is 61.9 Å². The number of hydrogen-bond donors (Lipinski definition) is 3. The fourth-order valence-corrected chi connectivity index (χ4v) is 1.71. The molecular weight excluding hydrogens is 217 g/mol. The minimum Gasteiger partial charge on any atom is -0.398 e. The highest BCUT2D eigenvalue weighted by Crippen LogP contribution is 2.30. The summed E-state index contributed by atoms with van der Waals surface area (Å²) in [6.07, 6.45) is 2.79. The van der Waals surface area contributed by atoms with Crippen molar-refractivity contribution >= 4 is 17.5 Å². The van der Waals surface area contributed by atoms with Crippen molar-refractivity contribution in [1.29, 1.82) is 5.41 Å². The van der Waals surface area contributed by atoms with Gasteiger partial charge in [0.25, 0.3) is 0 Å². The molecule has 92 valence electrons. The highest BCUT2D eigenvalue weighted by Gasteiger charge is 2.13. The molecule has 4 heteroatoms. The Labute approximate surface area is 101 Å². The zero-order valence-electron chi connectivity index (χ0n) is 10.3. The van der Waals surface area contributed by atoms with Crippen LogP contribution < -0.4 is 11.1 Å². The lowest BCUT2D eigenvalue weighted by molar-refractivity contribution is 0.623. The first-order valence-electron chi connectivity index (χ1n) is 5.48. The van der Waals surface area contributed by atoms with Crippen molar-refractivity contribution in [2.45, 2.75) is 19.8 Å². The molecular formula is C13H18FN3. The monoisotopic (exact) mass is 235 g/mol. The van der Waals surface area contributed by atoms with Crippen molar-refractivity contribution in [1.82, 2.24) is 5.32 Å². The number of anilines is 1. The van der Waals surface area contributed by atoms with E-state index >= 15 is 0 Å². The molecule has 0 radical (unpaired) electrons. The van der Waals surface area contributed by atoms with Gasteiger partial charge in [-0.2, -0.15) is 0 Å². The summed E-state index contributed by atoms with van der Waals surface area (Å²) in [5, 5.41) is 10.2. The summed E-state index contributed by atoms with van der Waals surface area (Å²) in [4.78, 5) is 0. The molecule has 3 nitrogen and oxygen atoms in total. The fraction of sp³-hybridized carbons (Fsp3) is 0.308. The maximum Gasteiger partial charge on any atom is 0.124 e. The quantitative estimate of drug-likeness (QED) is 0.555. The van der Waals surface area contributed by atoms with Crippen molar-refractivity contribution < 1.29 is 4.39 Å². The van der Waals surface area contributed by atoms with Crippen molar-refractivity contribution in [3.63, 3.8) is 0 Å². The number of allylic oxidation sites excluding steroid dienone is 1. The average molecular weight is 235 g/mol. The first-order chi connectivity index (χ1) is 8.01. The van der Waals surface area contributed by atoms with Gasteiger partial charge in [-0.05, 0) is 23.6 Å². The van der Waals surface area contributed by atoms with Crippen LogP contribution in [0, 0.1) is 11.2 Å². The van der Waals surface area contributed by atoms with E-state index in [2.05, 4.69) is 5.32 Å². The Bertz CT molecular complexity index is 450. The van der Waals surface area contributed by atoms with Gasteiger partial charge in [0.2, 0.25) is 0 Å². The van der Waals surface area contributed by atoms with Gasteiger partial charge in [0.05, 0.1) is 0 Å². The lowest BCUT2D eigenvalue weighted by Crippen LogP contribution is -2.05. The Morgan fingerprint density at radius 1 is 1.47 bits per heavy atom. The summed E-state index contributed by atoms with van der Waals surface area (Å²) in [7, 11) is 1.72. The second kappa shape index (κ2) is 5.48. The average Bonchev–Trinajstić information content (AvgIpc) is 2.28. The van der Waals surface area contributed by atoms with Gasteiger partial charge in [-0.3, -0.25) is 0 Å². The lowest BCUT2D eigenvalue weighted by atomic mass is 9.95. The van der Waals surface area contributed by atoms with E-state index < -0.39 is 0 Å². The molecule has 0 amide bonds. The largest absolute Gasteiger partial charge is 0.398 e. The van der Waals surface area contributed by atoms with E-state index in [0.29, 0.717) is 16.8 Å². The first-order valence-corrected chi connectivity index (χ1v) is 5.48. The Morgan fingerprint density at radius 3 is 2.59 bits per heavy atom. The molecule has 0 unspecified atom stereocenters. The molecule has 0 spiro atoms. The Kier molecular flexibility index (Phi) is 4.26. The fourth-order valence-electron chi connectivity index (χ4n) is 1.71. The van der Waals surface area contributed by atoms with Crippen molar-refractivity contribution in [2.24, 2.45) is 0 Å². The highest BCUT2D eigenvalue weighted by atomic mass is 19.1. The van der Waals surface area contributed by atoms with Gasteiger partial charge in [0.15, 0.2) is 0 Å². The molecule has 1 rings (SSSR count). The SMILES string of the molecule is CN/C=C(\C=N)c1cc(F)cc(C(C)C)c1N. The van der Waals surface area contributed by atoms with Gasteiger partial charge in [0, 0.05) is 36.3 Å². The van der Waals surface area contributed by atoms with Gasteiger partial charge < -0.3 is 16.5 Å². The van der Waals surface area contributed by atoms with Crippen LogP contribution in [0.3, 0.4) is 0 Å². The zero-order valence-corrected chi connectivity index (χ0v) is 10.3. The Hall–Kier alpha value is -1.84. The molecule has 4 N–H and O–H groups in total. The number of rotatable bonds is 4. The number of benzene rings is 1. The maximum atomic E-state index is 13.5. The van der Waals surface area contributed by atoms with Crippen LogP contribution >= 0.6 is 0 Å². The Morgan fingerprint density at radius 2 is 2.12 bits per heavy atom.